The largest absolute Gasteiger partial charge is 0.228 e. The molecule has 1 saturated carbocycles. The first kappa shape index (κ1) is 16.5. The Labute approximate surface area is 129 Å². The first-order valence-electron chi connectivity index (χ1n) is 8.27. The van der Waals surface area contributed by atoms with E-state index in [1.165, 1.54) is 44.1 Å². The van der Waals surface area contributed by atoms with E-state index in [2.05, 4.69) is 12.1 Å². The maximum absolute atomic E-state index is 11.9. The average Bonchev–Trinajstić information content (AvgIpc) is 2.47. The summed E-state index contributed by atoms with van der Waals surface area (Å²) in [5.41, 5.74) is 2.25. The van der Waals surface area contributed by atoms with Gasteiger partial charge in [0.1, 0.15) is 0 Å². The fourth-order valence-corrected chi connectivity index (χ4v) is 4.04. The Morgan fingerprint density at radius 2 is 1.57 bits per heavy atom. The van der Waals surface area contributed by atoms with Crippen LogP contribution in [-0.4, -0.2) is 13.7 Å². The molecule has 0 N–H and O–H groups in total. The molecule has 0 aliphatic heterocycles. The van der Waals surface area contributed by atoms with Gasteiger partial charge in [-0.15, -0.1) is 0 Å². The number of rotatable bonds is 6. The summed E-state index contributed by atoms with van der Waals surface area (Å²) in [6, 6.07) is 8.17. The zero-order valence-corrected chi connectivity index (χ0v) is 14.2. The van der Waals surface area contributed by atoms with Gasteiger partial charge < -0.3 is 0 Å². The molecule has 0 spiro atoms. The average molecular weight is 308 g/mol. The minimum Gasteiger partial charge on any atom is -0.228 e. The second kappa shape index (κ2) is 7.44. The lowest BCUT2D eigenvalue weighted by atomic mass is 9.85. The van der Waals surface area contributed by atoms with E-state index in [0.717, 1.165) is 17.9 Å². The summed E-state index contributed by atoms with van der Waals surface area (Å²) in [5, 5.41) is -0.302. The van der Waals surface area contributed by atoms with Gasteiger partial charge in [-0.3, -0.25) is 0 Å². The Hall–Kier alpha value is -0.830. The quantitative estimate of drug-likeness (QED) is 0.774. The topological polar surface area (TPSA) is 34.1 Å². The molecule has 0 aromatic heterocycles. The molecule has 2 rings (SSSR count). The van der Waals surface area contributed by atoms with E-state index < -0.39 is 9.84 Å². The van der Waals surface area contributed by atoms with Crippen LogP contribution in [0.2, 0.25) is 0 Å². The number of sulfone groups is 1. The number of aryl methyl sites for hydroxylation is 1. The lowest BCUT2D eigenvalue weighted by molar-refractivity contribution is 0.339. The lowest BCUT2D eigenvalue weighted by Gasteiger charge is -2.21. The van der Waals surface area contributed by atoms with Crippen LogP contribution < -0.4 is 0 Å². The van der Waals surface area contributed by atoms with Crippen molar-refractivity contribution in [3.63, 3.8) is 0 Å². The van der Waals surface area contributed by atoms with Crippen LogP contribution in [0.25, 0.3) is 0 Å². The minimum absolute atomic E-state index is 0.160. The lowest BCUT2D eigenvalue weighted by Crippen LogP contribution is -2.16. The Bertz CT molecular complexity index is 523. The molecule has 0 unspecified atom stereocenters. The number of hydrogen-bond donors (Lipinski definition) is 0. The molecular weight excluding hydrogens is 280 g/mol. The van der Waals surface area contributed by atoms with Crippen LogP contribution >= 0.6 is 0 Å². The molecule has 0 heterocycles. The van der Waals surface area contributed by atoms with Gasteiger partial charge in [-0.2, -0.15) is 0 Å². The zero-order chi connectivity index (χ0) is 15.3. The zero-order valence-electron chi connectivity index (χ0n) is 13.3. The third-order valence-corrected chi connectivity index (χ3v) is 6.85. The highest BCUT2D eigenvalue weighted by Gasteiger charge is 2.17. The predicted molar refractivity (Wildman–Crippen MR) is 89.1 cm³/mol. The van der Waals surface area contributed by atoms with E-state index in [1.807, 2.05) is 12.1 Å². The van der Waals surface area contributed by atoms with Crippen molar-refractivity contribution in [3.05, 3.63) is 35.4 Å². The van der Waals surface area contributed by atoms with Crippen LogP contribution in [0.5, 0.6) is 0 Å². The van der Waals surface area contributed by atoms with Gasteiger partial charge in [0.05, 0.1) is 11.0 Å². The molecule has 0 atom stereocenters. The van der Waals surface area contributed by atoms with Gasteiger partial charge in [0.25, 0.3) is 0 Å². The monoisotopic (exact) mass is 308 g/mol. The normalized spacial score (nSPS) is 17.3. The molecule has 1 aliphatic carbocycles. The van der Waals surface area contributed by atoms with Crippen molar-refractivity contribution >= 4 is 9.84 Å². The van der Waals surface area contributed by atoms with E-state index in [9.17, 15) is 8.42 Å². The highest BCUT2D eigenvalue weighted by atomic mass is 32.2. The maximum Gasteiger partial charge on any atom is 0.156 e. The highest BCUT2D eigenvalue weighted by molar-refractivity contribution is 7.91. The SMILES string of the molecule is CC(C)S(=O)(=O)Cc1ccc(CCC2CCCCC2)cc1. The van der Waals surface area contributed by atoms with Gasteiger partial charge in [-0.25, -0.2) is 8.42 Å². The Kier molecular flexibility index (Phi) is 5.86. The van der Waals surface area contributed by atoms with Crippen LogP contribution in [0.15, 0.2) is 24.3 Å². The van der Waals surface area contributed by atoms with Crippen molar-refractivity contribution in [1.82, 2.24) is 0 Å². The van der Waals surface area contributed by atoms with Crippen molar-refractivity contribution in [2.75, 3.05) is 0 Å². The minimum atomic E-state index is -2.99. The van der Waals surface area contributed by atoms with Gasteiger partial charge in [0.2, 0.25) is 0 Å². The summed E-state index contributed by atoms with van der Waals surface area (Å²) in [7, 11) is -2.99. The molecule has 21 heavy (non-hydrogen) atoms. The van der Waals surface area contributed by atoms with Crippen molar-refractivity contribution in [1.29, 1.82) is 0 Å². The molecule has 1 aromatic rings. The van der Waals surface area contributed by atoms with E-state index in [1.54, 1.807) is 13.8 Å². The summed E-state index contributed by atoms with van der Waals surface area (Å²) in [4.78, 5) is 0. The van der Waals surface area contributed by atoms with Crippen molar-refractivity contribution in [3.8, 4) is 0 Å². The van der Waals surface area contributed by atoms with E-state index in [-0.39, 0.29) is 11.0 Å². The van der Waals surface area contributed by atoms with Crippen LogP contribution in [0, 0.1) is 5.92 Å². The van der Waals surface area contributed by atoms with Gasteiger partial charge in [-0.1, -0.05) is 56.4 Å². The molecule has 0 amide bonds. The predicted octanol–water partition coefficient (Wildman–Crippen LogP) is 4.52. The standard InChI is InChI=1S/C18H28O2S/c1-15(2)21(19,20)14-18-12-10-17(11-13-18)9-8-16-6-4-3-5-7-16/h10-13,15-16H,3-9,14H2,1-2H3. The molecule has 0 radical (unpaired) electrons. The Morgan fingerprint density at radius 1 is 1.00 bits per heavy atom. The summed E-state index contributed by atoms with van der Waals surface area (Å²) in [5.74, 6) is 1.06. The molecule has 3 heteroatoms. The Morgan fingerprint density at radius 3 is 2.14 bits per heavy atom. The first-order valence-corrected chi connectivity index (χ1v) is 9.98. The van der Waals surface area contributed by atoms with E-state index >= 15 is 0 Å². The number of hydrogen-bond acceptors (Lipinski definition) is 2. The van der Waals surface area contributed by atoms with Gasteiger partial charge in [-0.05, 0) is 43.7 Å². The molecule has 1 aliphatic rings. The summed E-state index contributed by atoms with van der Waals surface area (Å²) in [6.45, 7) is 3.49. The summed E-state index contributed by atoms with van der Waals surface area (Å²) >= 11 is 0. The fraction of sp³-hybridized carbons (Fsp3) is 0.667. The molecular formula is C18H28O2S. The van der Waals surface area contributed by atoms with E-state index in [0.29, 0.717) is 0 Å². The van der Waals surface area contributed by atoms with Crippen LogP contribution in [0.3, 0.4) is 0 Å². The van der Waals surface area contributed by atoms with Gasteiger partial charge >= 0.3 is 0 Å². The highest BCUT2D eigenvalue weighted by Crippen LogP contribution is 2.27. The fourth-order valence-electron chi connectivity index (χ4n) is 3.05. The van der Waals surface area contributed by atoms with Crippen LogP contribution in [0.4, 0.5) is 0 Å². The third-order valence-electron chi connectivity index (χ3n) is 4.68. The van der Waals surface area contributed by atoms with Gasteiger partial charge in [0, 0.05) is 0 Å². The van der Waals surface area contributed by atoms with Crippen molar-refractivity contribution in [2.24, 2.45) is 5.92 Å². The molecule has 118 valence electrons. The molecule has 0 bridgehead atoms. The first-order chi connectivity index (χ1) is 9.97. The second-order valence-electron chi connectivity index (χ2n) is 6.72. The molecule has 2 nitrogen and oxygen atoms in total. The molecule has 1 aromatic carbocycles. The van der Waals surface area contributed by atoms with Crippen molar-refractivity contribution in [2.45, 2.75) is 69.8 Å². The van der Waals surface area contributed by atoms with Crippen LogP contribution in [-0.2, 0) is 22.0 Å². The van der Waals surface area contributed by atoms with Crippen molar-refractivity contribution < 1.29 is 8.42 Å². The molecule has 0 saturated heterocycles. The van der Waals surface area contributed by atoms with Gasteiger partial charge in [0.15, 0.2) is 9.84 Å². The maximum atomic E-state index is 11.9. The smallest absolute Gasteiger partial charge is 0.156 e. The second-order valence-corrected chi connectivity index (χ2v) is 9.27. The Balaban J connectivity index is 1.87. The van der Waals surface area contributed by atoms with Crippen LogP contribution in [0.1, 0.15) is 63.5 Å². The summed E-state index contributed by atoms with van der Waals surface area (Å²) < 4.78 is 23.8. The molecule has 1 fully saturated rings. The third kappa shape index (κ3) is 5.14. The number of benzene rings is 1. The van der Waals surface area contributed by atoms with E-state index in [4.69, 9.17) is 0 Å². The summed E-state index contributed by atoms with van der Waals surface area (Å²) in [6.07, 6.45) is 9.41.